The molecule has 0 radical (unpaired) electrons. The number of carbonyl (C=O) groups is 3. The minimum absolute atomic E-state index is 0.189. The number of oxazole rings is 1. The van der Waals surface area contributed by atoms with Crippen molar-refractivity contribution in [1.29, 1.82) is 0 Å². The molecule has 1 aromatic heterocycles. The maximum absolute atomic E-state index is 12.7. The van der Waals surface area contributed by atoms with Gasteiger partial charge in [0, 0.05) is 22.3 Å². The lowest BCUT2D eigenvalue weighted by molar-refractivity contribution is -0.144. The molecule has 4 rings (SSSR count). The molecule has 4 aromatic rings. The number of amides is 3. The van der Waals surface area contributed by atoms with Crippen molar-refractivity contribution in [2.45, 2.75) is 19.9 Å². The van der Waals surface area contributed by atoms with Crippen molar-refractivity contribution in [2.24, 2.45) is 5.92 Å². The second-order valence-electron chi connectivity index (χ2n) is 8.96. The van der Waals surface area contributed by atoms with Gasteiger partial charge in [0.15, 0.2) is 11.5 Å². The highest BCUT2D eigenvalue weighted by molar-refractivity contribution is 6.30. The van der Waals surface area contributed by atoms with Crippen LogP contribution >= 0.6 is 11.6 Å². The molecule has 0 aliphatic carbocycles. The molecule has 11 heteroatoms. The molecule has 1 unspecified atom stereocenters. The standard InChI is InChI=1S/C29H27ClN4O6/c1-17(2)25(28(36)38-3)34-26(35)27-31-16-24(40-27)18-9-12-20(13-10-18)32-29(37)33-22-14-11-19(30)15-23(22)39-21-7-5-4-6-8-21/h4-17,25H,1-3H3,(H,34,35)(H2,32,33,37). The van der Waals surface area contributed by atoms with Crippen molar-refractivity contribution in [3.05, 3.63) is 89.9 Å². The van der Waals surface area contributed by atoms with E-state index in [1.54, 1.807) is 68.4 Å². The van der Waals surface area contributed by atoms with Crippen LogP contribution in [-0.4, -0.2) is 36.0 Å². The zero-order chi connectivity index (χ0) is 28.6. The number of ether oxygens (including phenoxy) is 2. The fraction of sp³-hybridized carbons (Fsp3) is 0.172. The summed E-state index contributed by atoms with van der Waals surface area (Å²) in [5.74, 6) is -0.250. The maximum Gasteiger partial charge on any atom is 0.328 e. The van der Waals surface area contributed by atoms with Crippen molar-refractivity contribution >= 4 is 40.9 Å². The van der Waals surface area contributed by atoms with Gasteiger partial charge >= 0.3 is 17.9 Å². The van der Waals surface area contributed by atoms with E-state index in [-0.39, 0.29) is 11.8 Å². The van der Waals surface area contributed by atoms with Crippen molar-refractivity contribution in [1.82, 2.24) is 10.3 Å². The SMILES string of the molecule is COC(=O)C(NC(=O)c1ncc(-c2ccc(NC(=O)Nc3ccc(Cl)cc3Oc3ccccc3)cc2)o1)C(C)C. The van der Waals surface area contributed by atoms with Crippen LogP contribution in [0.2, 0.25) is 5.02 Å². The number of esters is 1. The molecule has 3 N–H and O–H groups in total. The Morgan fingerprint density at radius 1 is 0.950 bits per heavy atom. The van der Waals surface area contributed by atoms with Gasteiger partial charge in [-0.05, 0) is 54.4 Å². The van der Waals surface area contributed by atoms with Gasteiger partial charge < -0.3 is 29.8 Å². The van der Waals surface area contributed by atoms with Crippen LogP contribution in [0.3, 0.4) is 0 Å². The van der Waals surface area contributed by atoms with E-state index in [1.165, 1.54) is 13.3 Å². The van der Waals surface area contributed by atoms with Crippen LogP contribution in [0.15, 0.2) is 83.4 Å². The average molecular weight is 563 g/mol. The van der Waals surface area contributed by atoms with Crippen LogP contribution in [0.4, 0.5) is 16.2 Å². The molecule has 0 bridgehead atoms. The number of hydrogen-bond donors (Lipinski definition) is 3. The van der Waals surface area contributed by atoms with Gasteiger partial charge in [0.2, 0.25) is 0 Å². The third-order valence-corrected chi connectivity index (χ3v) is 5.93. The lowest BCUT2D eigenvalue weighted by atomic mass is 10.0. The summed E-state index contributed by atoms with van der Waals surface area (Å²) < 4.78 is 16.2. The molecule has 40 heavy (non-hydrogen) atoms. The van der Waals surface area contributed by atoms with Crippen LogP contribution in [-0.2, 0) is 9.53 Å². The lowest BCUT2D eigenvalue weighted by Crippen LogP contribution is -2.45. The molecule has 3 amide bonds. The second kappa shape index (κ2) is 12.8. The number of urea groups is 1. The molecular formula is C29H27ClN4O6. The molecule has 0 saturated heterocycles. The van der Waals surface area contributed by atoms with Crippen molar-refractivity contribution in [3.63, 3.8) is 0 Å². The van der Waals surface area contributed by atoms with Crippen molar-refractivity contribution in [2.75, 3.05) is 17.7 Å². The Balaban J connectivity index is 1.39. The molecular weight excluding hydrogens is 536 g/mol. The number of carbonyl (C=O) groups excluding carboxylic acids is 3. The summed E-state index contributed by atoms with van der Waals surface area (Å²) in [6.07, 6.45) is 1.40. The number of anilines is 2. The first-order valence-corrected chi connectivity index (χ1v) is 12.7. The highest BCUT2D eigenvalue weighted by Gasteiger charge is 2.27. The molecule has 10 nitrogen and oxygen atoms in total. The minimum atomic E-state index is -0.835. The number of methoxy groups -OCH3 is 1. The number of hydrogen-bond acceptors (Lipinski definition) is 7. The van der Waals surface area contributed by atoms with Gasteiger partial charge in [-0.2, -0.15) is 0 Å². The third-order valence-electron chi connectivity index (χ3n) is 5.70. The van der Waals surface area contributed by atoms with E-state index in [0.717, 1.165) is 0 Å². The fourth-order valence-electron chi connectivity index (χ4n) is 3.64. The Labute approximate surface area is 235 Å². The first-order chi connectivity index (χ1) is 19.2. The number of nitrogens with zero attached hydrogens (tertiary/aromatic N) is 1. The van der Waals surface area contributed by atoms with Crippen molar-refractivity contribution < 1.29 is 28.3 Å². The molecule has 206 valence electrons. The van der Waals surface area contributed by atoms with Gasteiger partial charge in [0.1, 0.15) is 11.8 Å². The smallest absolute Gasteiger partial charge is 0.328 e. The first-order valence-electron chi connectivity index (χ1n) is 12.3. The van der Waals surface area contributed by atoms with E-state index in [4.69, 9.17) is 25.5 Å². The molecule has 1 atom stereocenters. The van der Waals surface area contributed by atoms with Crippen LogP contribution in [0, 0.1) is 5.92 Å². The van der Waals surface area contributed by atoms with Gasteiger partial charge in [-0.1, -0.05) is 43.6 Å². The van der Waals surface area contributed by atoms with Gasteiger partial charge in [0.25, 0.3) is 5.89 Å². The normalized spacial score (nSPS) is 11.4. The second-order valence-corrected chi connectivity index (χ2v) is 9.40. The van der Waals surface area contributed by atoms with E-state index in [9.17, 15) is 14.4 Å². The Morgan fingerprint density at radius 2 is 1.68 bits per heavy atom. The number of para-hydroxylation sites is 1. The van der Waals surface area contributed by atoms with Crippen LogP contribution in [0.25, 0.3) is 11.3 Å². The Hall–Kier alpha value is -4.83. The highest BCUT2D eigenvalue weighted by atomic mass is 35.5. The number of halogens is 1. The van der Waals surface area contributed by atoms with E-state index >= 15 is 0 Å². The molecule has 0 fully saturated rings. The average Bonchev–Trinajstić information content (AvgIpc) is 3.44. The van der Waals surface area contributed by atoms with Crippen molar-refractivity contribution in [3.8, 4) is 22.8 Å². The van der Waals surface area contributed by atoms with E-state index in [1.807, 2.05) is 18.2 Å². The Bertz CT molecular complexity index is 1490. The molecule has 1 heterocycles. The highest BCUT2D eigenvalue weighted by Crippen LogP contribution is 2.32. The largest absolute Gasteiger partial charge is 0.467 e. The van der Waals surface area contributed by atoms with E-state index in [2.05, 4.69) is 20.9 Å². The number of nitrogens with one attached hydrogen (secondary N) is 3. The zero-order valence-corrected chi connectivity index (χ0v) is 22.7. The summed E-state index contributed by atoms with van der Waals surface area (Å²) in [4.78, 5) is 41.2. The lowest BCUT2D eigenvalue weighted by Gasteiger charge is -2.18. The number of benzene rings is 3. The van der Waals surface area contributed by atoms with Gasteiger partial charge in [-0.15, -0.1) is 0 Å². The van der Waals surface area contributed by atoms with Crippen LogP contribution < -0.4 is 20.7 Å². The molecule has 3 aromatic carbocycles. The van der Waals surface area contributed by atoms with Gasteiger partial charge in [-0.25, -0.2) is 14.6 Å². The third kappa shape index (κ3) is 7.17. The predicted octanol–water partition coefficient (Wildman–Crippen LogP) is 6.36. The monoisotopic (exact) mass is 562 g/mol. The molecule has 0 saturated carbocycles. The van der Waals surface area contributed by atoms with E-state index in [0.29, 0.717) is 39.2 Å². The topological polar surface area (TPSA) is 132 Å². The summed E-state index contributed by atoms with van der Waals surface area (Å²) in [6.45, 7) is 3.57. The molecule has 0 aliphatic heterocycles. The summed E-state index contributed by atoms with van der Waals surface area (Å²) in [5, 5.41) is 8.56. The fourth-order valence-corrected chi connectivity index (χ4v) is 3.80. The maximum atomic E-state index is 12.7. The van der Waals surface area contributed by atoms with Gasteiger partial charge in [0.05, 0.1) is 19.0 Å². The quantitative estimate of drug-likeness (QED) is 0.202. The zero-order valence-electron chi connectivity index (χ0n) is 21.9. The van der Waals surface area contributed by atoms with Crippen LogP contribution in [0.1, 0.15) is 24.5 Å². The summed E-state index contributed by atoms with van der Waals surface area (Å²) >= 11 is 6.13. The summed E-state index contributed by atoms with van der Waals surface area (Å²) in [5.41, 5.74) is 1.57. The molecule has 0 spiro atoms. The van der Waals surface area contributed by atoms with E-state index < -0.39 is 23.9 Å². The number of aromatic nitrogens is 1. The minimum Gasteiger partial charge on any atom is -0.467 e. The van der Waals surface area contributed by atoms with Crippen LogP contribution in [0.5, 0.6) is 11.5 Å². The summed E-state index contributed by atoms with van der Waals surface area (Å²) in [7, 11) is 1.25. The Kier molecular flexibility index (Phi) is 9.03. The van der Waals surface area contributed by atoms with Gasteiger partial charge in [-0.3, -0.25) is 4.79 Å². The predicted molar refractivity (Wildman–Crippen MR) is 151 cm³/mol. The molecule has 0 aliphatic rings. The number of rotatable bonds is 9. The summed E-state index contributed by atoms with van der Waals surface area (Å²) in [6, 6.07) is 19.5. The Morgan fingerprint density at radius 3 is 2.35 bits per heavy atom. The first kappa shape index (κ1) is 28.2.